The predicted molar refractivity (Wildman–Crippen MR) is 115 cm³/mol. The molecule has 148 valence electrons. The second-order valence-electron chi connectivity index (χ2n) is 8.01. The molecule has 0 atom stereocenters. The van der Waals surface area contributed by atoms with Gasteiger partial charge in [-0.2, -0.15) is 0 Å². The molecule has 0 unspecified atom stereocenters. The second-order valence-corrected chi connectivity index (χ2v) is 8.01. The highest BCUT2D eigenvalue weighted by atomic mass is 16.2. The minimum Gasteiger partial charge on any atom is -0.374 e. The molecule has 2 N–H and O–H groups in total. The predicted octanol–water partition coefficient (Wildman–Crippen LogP) is 3.45. The maximum atomic E-state index is 12.2. The van der Waals surface area contributed by atoms with Crippen LogP contribution in [-0.2, 0) is 25.9 Å². The number of carbonyl (C=O) groups excluding carboxylic acids is 1. The zero-order valence-corrected chi connectivity index (χ0v) is 16.9. The van der Waals surface area contributed by atoms with E-state index in [1.165, 1.54) is 35.3 Å². The zero-order chi connectivity index (χ0) is 19.5. The van der Waals surface area contributed by atoms with E-state index in [-0.39, 0.29) is 6.03 Å². The molecule has 5 nitrogen and oxygen atoms in total. The molecular weight excluding hydrogens is 348 g/mol. The maximum absolute atomic E-state index is 12.2. The molecule has 2 aromatic rings. The van der Waals surface area contributed by atoms with Gasteiger partial charge in [0.25, 0.3) is 0 Å². The Kier molecular flexibility index (Phi) is 5.42. The highest BCUT2D eigenvalue weighted by Gasteiger charge is 2.15. The molecule has 4 rings (SSSR count). The topological polar surface area (TPSA) is 47.6 Å². The van der Waals surface area contributed by atoms with Gasteiger partial charge in [0.05, 0.1) is 0 Å². The van der Waals surface area contributed by atoms with Crippen molar-refractivity contribution in [1.82, 2.24) is 10.6 Å². The van der Waals surface area contributed by atoms with Crippen molar-refractivity contribution >= 4 is 17.4 Å². The van der Waals surface area contributed by atoms with Gasteiger partial charge in [0.1, 0.15) is 0 Å². The van der Waals surface area contributed by atoms with Gasteiger partial charge in [0, 0.05) is 51.6 Å². The van der Waals surface area contributed by atoms with Crippen LogP contribution in [0.4, 0.5) is 16.2 Å². The van der Waals surface area contributed by atoms with Crippen LogP contribution in [0.5, 0.6) is 0 Å². The Bertz CT molecular complexity index is 794. The first-order valence-electron chi connectivity index (χ1n) is 10.3. The molecule has 0 bridgehead atoms. The summed E-state index contributed by atoms with van der Waals surface area (Å²) in [6.07, 6.45) is 4.62. The number of carbonyl (C=O) groups is 1. The van der Waals surface area contributed by atoms with Gasteiger partial charge in [-0.15, -0.1) is 0 Å². The number of amides is 2. The van der Waals surface area contributed by atoms with Gasteiger partial charge in [0.15, 0.2) is 0 Å². The lowest BCUT2D eigenvalue weighted by Gasteiger charge is -2.28. The number of aryl methyl sites for hydroxylation is 2. The number of benzene rings is 2. The maximum Gasteiger partial charge on any atom is 0.315 e. The Morgan fingerprint density at radius 3 is 1.75 bits per heavy atom. The van der Waals surface area contributed by atoms with Crippen molar-refractivity contribution in [3.63, 3.8) is 0 Å². The smallest absolute Gasteiger partial charge is 0.315 e. The molecule has 5 heteroatoms. The number of urea groups is 1. The summed E-state index contributed by atoms with van der Waals surface area (Å²) in [4.78, 5) is 16.8. The first kappa shape index (κ1) is 18.7. The highest BCUT2D eigenvalue weighted by Crippen LogP contribution is 2.27. The fourth-order valence-corrected chi connectivity index (χ4v) is 4.32. The van der Waals surface area contributed by atoms with Crippen molar-refractivity contribution in [1.29, 1.82) is 0 Å². The number of rotatable bonds is 4. The average molecular weight is 379 g/mol. The van der Waals surface area contributed by atoms with Gasteiger partial charge in [-0.05, 0) is 60.1 Å². The molecule has 0 aliphatic carbocycles. The van der Waals surface area contributed by atoms with Gasteiger partial charge in [-0.1, -0.05) is 24.3 Å². The Morgan fingerprint density at radius 2 is 1.29 bits per heavy atom. The lowest BCUT2D eigenvalue weighted by atomic mass is 9.99. The third kappa shape index (κ3) is 4.08. The summed E-state index contributed by atoms with van der Waals surface area (Å²) >= 11 is 0. The van der Waals surface area contributed by atoms with E-state index in [0.29, 0.717) is 13.1 Å². The average Bonchev–Trinajstić information content (AvgIpc) is 2.71. The minimum atomic E-state index is -0.121. The Balaban J connectivity index is 1.29. The monoisotopic (exact) mass is 378 g/mol. The minimum absolute atomic E-state index is 0.121. The lowest BCUT2D eigenvalue weighted by Crippen LogP contribution is -2.34. The van der Waals surface area contributed by atoms with Crippen LogP contribution in [0.3, 0.4) is 0 Å². The normalized spacial score (nSPS) is 15.6. The van der Waals surface area contributed by atoms with Crippen molar-refractivity contribution < 1.29 is 4.79 Å². The quantitative estimate of drug-likeness (QED) is 0.857. The molecule has 2 aromatic carbocycles. The molecule has 0 radical (unpaired) electrons. The Hall–Kier alpha value is -2.69. The third-order valence-electron chi connectivity index (χ3n) is 5.90. The number of hydrogen-bond acceptors (Lipinski definition) is 3. The fraction of sp³-hybridized carbons (Fsp3) is 0.435. The third-order valence-corrected chi connectivity index (χ3v) is 5.90. The van der Waals surface area contributed by atoms with Crippen LogP contribution >= 0.6 is 0 Å². The van der Waals surface area contributed by atoms with E-state index >= 15 is 0 Å². The molecule has 28 heavy (non-hydrogen) atoms. The van der Waals surface area contributed by atoms with Crippen molar-refractivity contribution in [2.75, 3.05) is 37.0 Å². The van der Waals surface area contributed by atoms with Crippen LogP contribution in [0.1, 0.15) is 35.1 Å². The standard InChI is InChI=1S/C23H30N4O/c1-26-11-3-5-19-13-17(7-9-21(19)26)15-24-23(28)25-16-18-8-10-22-20(14-18)6-4-12-27(22)2/h7-10,13-14H,3-6,11-12,15-16H2,1-2H3,(H2,24,25,28). The molecule has 2 aliphatic heterocycles. The van der Waals surface area contributed by atoms with Crippen LogP contribution in [0.25, 0.3) is 0 Å². The molecule has 0 spiro atoms. The van der Waals surface area contributed by atoms with Gasteiger partial charge >= 0.3 is 6.03 Å². The summed E-state index contributed by atoms with van der Waals surface area (Å²) in [6, 6.07) is 12.9. The Labute approximate surface area is 167 Å². The molecule has 0 saturated carbocycles. The van der Waals surface area contributed by atoms with Crippen molar-refractivity contribution in [2.24, 2.45) is 0 Å². The highest BCUT2D eigenvalue weighted by molar-refractivity contribution is 5.74. The number of fused-ring (bicyclic) bond motifs is 2. The number of nitrogens with one attached hydrogen (secondary N) is 2. The first-order valence-corrected chi connectivity index (χ1v) is 10.3. The molecule has 0 aromatic heterocycles. The van der Waals surface area contributed by atoms with Crippen molar-refractivity contribution in [2.45, 2.75) is 38.8 Å². The molecule has 0 saturated heterocycles. The molecular formula is C23H30N4O. The number of hydrogen-bond donors (Lipinski definition) is 2. The van der Waals surface area contributed by atoms with E-state index in [1.54, 1.807) is 0 Å². The molecule has 2 heterocycles. The first-order chi connectivity index (χ1) is 13.6. The second kappa shape index (κ2) is 8.13. The fourth-order valence-electron chi connectivity index (χ4n) is 4.32. The molecule has 2 amide bonds. The van der Waals surface area contributed by atoms with Gasteiger partial charge < -0.3 is 20.4 Å². The number of anilines is 2. The van der Waals surface area contributed by atoms with Crippen molar-refractivity contribution in [3.8, 4) is 0 Å². The Morgan fingerprint density at radius 1 is 0.821 bits per heavy atom. The molecule has 2 aliphatic rings. The van der Waals surface area contributed by atoms with Crippen LogP contribution in [0.15, 0.2) is 36.4 Å². The van der Waals surface area contributed by atoms with E-state index in [0.717, 1.165) is 37.1 Å². The van der Waals surface area contributed by atoms with Crippen LogP contribution < -0.4 is 20.4 Å². The van der Waals surface area contributed by atoms with Gasteiger partial charge in [0.2, 0.25) is 0 Å². The van der Waals surface area contributed by atoms with Crippen LogP contribution in [-0.4, -0.2) is 33.2 Å². The van der Waals surface area contributed by atoms with E-state index in [1.807, 2.05) is 0 Å². The summed E-state index contributed by atoms with van der Waals surface area (Å²) in [5.41, 5.74) is 7.71. The summed E-state index contributed by atoms with van der Waals surface area (Å²) in [6.45, 7) is 3.34. The van der Waals surface area contributed by atoms with E-state index < -0.39 is 0 Å². The summed E-state index contributed by atoms with van der Waals surface area (Å²) < 4.78 is 0. The summed E-state index contributed by atoms with van der Waals surface area (Å²) in [5.74, 6) is 0. The van der Waals surface area contributed by atoms with Crippen molar-refractivity contribution in [3.05, 3.63) is 58.7 Å². The van der Waals surface area contributed by atoms with Gasteiger partial charge in [-0.25, -0.2) is 4.79 Å². The summed E-state index contributed by atoms with van der Waals surface area (Å²) in [5, 5.41) is 5.97. The van der Waals surface area contributed by atoms with E-state index in [2.05, 4.69) is 70.9 Å². The zero-order valence-electron chi connectivity index (χ0n) is 16.9. The van der Waals surface area contributed by atoms with E-state index in [4.69, 9.17) is 0 Å². The van der Waals surface area contributed by atoms with Crippen LogP contribution in [0, 0.1) is 0 Å². The number of nitrogens with zero attached hydrogens (tertiary/aromatic N) is 2. The SMILES string of the molecule is CN1CCCc2cc(CNC(=O)NCc3ccc4c(c3)CCCN4C)ccc21. The largest absolute Gasteiger partial charge is 0.374 e. The van der Waals surface area contributed by atoms with Crippen LogP contribution in [0.2, 0.25) is 0 Å². The summed E-state index contributed by atoms with van der Waals surface area (Å²) in [7, 11) is 4.28. The molecule has 0 fully saturated rings. The van der Waals surface area contributed by atoms with E-state index in [9.17, 15) is 4.79 Å². The van der Waals surface area contributed by atoms with Gasteiger partial charge in [-0.3, -0.25) is 0 Å². The lowest BCUT2D eigenvalue weighted by molar-refractivity contribution is 0.240.